The van der Waals surface area contributed by atoms with Gasteiger partial charge >= 0.3 is 6.09 Å². The summed E-state index contributed by atoms with van der Waals surface area (Å²) in [4.78, 5) is 9.75. The Kier molecular flexibility index (Phi) is 2.99. The van der Waals surface area contributed by atoms with Gasteiger partial charge in [-0.25, -0.2) is 9.90 Å². The molecule has 3 nitrogen and oxygen atoms in total. The number of carbonyl (C=O) groups is 1. The van der Waals surface area contributed by atoms with Crippen LogP contribution in [0.15, 0.2) is 0 Å². The molecule has 0 saturated heterocycles. The van der Waals surface area contributed by atoms with Crippen LogP contribution in [-0.2, 0) is 5.11 Å². The van der Waals surface area contributed by atoms with Crippen LogP contribution in [0, 0.1) is 0 Å². The van der Waals surface area contributed by atoms with Crippen molar-refractivity contribution in [2.75, 3.05) is 0 Å². The van der Waals surface area contributed by atoms with E-state index < -0.39 is 6.09 Å². The average Bonchev–Trinajstić information content (AvgIpc) is 1.65. The van der Waals surface area contributed by atoms with E-state index in [9.17, 15) is 9.90 Å². The minimum Gasteiger partial charge on any atom is -0.316 e. The third-order valence-corrected chi connectivity index (χ3v) is 0.977. The van der Waals surface area contributed by atoms with Crippen LogP contribution < -0.4 is 5.32 Å². The van der Waals surface area contributed by atoms with Gasteiger partial charge in [0.2, 0.25) is 0 Å². The SMILES string of the molecule is CCC(C)NC([O])=O. The Morgan fingerprint density at radius 3 is 2.38 bits per heavy atom. The maximum absolute atomic E-state index is 9.75. The van der Waals surface area contributed by atoms with Crippen molar-refractivity contribution in [1.29, 1.82) is 0 Å². The van der Waals surface area contributed by atoms with Crippen LogP contribution in [0.4, 0.5) is 4.79 Å². The summed E-state index contributed by atoms with van der Waals surface area (Å²) in [6.45, 7) is 3.69. The summed E-state index contributed by atoms with van der Waals surface area (Å²) in [5, 5.41) is 11.9. The zero-order valence-corrected chi connectivity index (χ0v) is 5.10. The minimum absolute atomic E-state index is 0.0139. The third-order valence-electron chi connectivity index (χ3n) is 0.977. The highest BCUT2D eigenvalue weighted by Gasteiger charge is 2.01. The molecule has 0 aliphatic carbocycles. The monoisotopic (exact) mass is 116 g/mol. The van der Waals surface area contributed by atoms with E-state index in [1.54, 1.807) is 6.92 Å². The summed E-state index contributed by atoms with van der Waals surface area (Å²) >= 11 is 0. The van der Waals surface area contributed by atoms with Crippen LogP contribution >= 0.6 is 0 Å². The van der Waals surface area contributed by atoms with E-state index in [0.29, 0.717) is 0 Å². The molecule has 1 atom stereocenters. The van der Waals surface area contributed by atoms with Gasteiger partial charge in [-0.3, -0.25) is 0 Å². The Balaban J connectivity index is 3.24. The lowest BCUT2D eigenvalue weighted by atomic mass is 10.3. The predicted octanol–water partition coefficient (Wildman–Crippen LogP) is 0.925. The van der Waals surface area contributed by atoms with Gasteiger partial charge in [-0.15, -0.1) is 0 Å². The molecule has 0 aromatic heterocycles. The summed E-state index contributed by atoms with van der Waals surface area (Å²) < 4.78 is 0. The normalized spacial score (nSPS) is 12.8. The molecule has 1 amide bonds. The van der Waals surface area contributed by atoms with E-state index in [1.807, 2.05) is 6.92 Å². The van der Waals surface area contributed by atoms with Gasteiger partial charge in [0.05, 0.1) is 0 Å². The molecule has 8 heavy (non-hydrogen) atoms. The van der Waals surface area contributed by atoms with Gasteiger partial charge in [-0.05, 0) is 13.3 Å². The number of hydrogen-bond donors (Lipinski definition) is 1. The van der Waals surface area contributed by atoms with E-state index in [0.717, 1.165) is 6.42 Å². The number of amides is 1. The zero-order chi connectivity index (χ0) is 6.57. The van der Waals surface area contributed by atoms with Gasteiger partial charge in [0.25, 0.3) is 0 Å². The molecule has 0 rings (SSSR count). The molecule has 1 unspecified atom stereocenters. The van der Waals surface area contributed by atoms with E-state index in [1.165, 1.54) is 0 Å². The first-order valence-electron chi connectivity index (χ1n) is 2.64. The van der Waals surface area contributed by atoms with Crippen molar-refractivity contribution in [2.24, 2.45) is 0 Å². The van der Waals surface area contributed by atoms with Crippen LogP contribution in [0.1, 0.15) is 20.3 Å². The fourth-order valence-electron chi connectivity index (χ4n) is 0.303. The fourth-order valence-corrected chi connectivity index (χ4v) is 0.303. The van der Waals surface area contributed by atoms with Gasteiger partial charge in [-0.1, -0.05) is 6.92 Å². The molecule has 0 aromatic rings. The molecule has 0 aromatic carbocycles. The fraction of sp³-hybridized carbons (Fsp3) is 0.800. The van der Waals surface area contributed by atoms with Gasteiger partial charge in [0.1, 0.15) is 0 Å². The van der Waals surface area contributed by atoms with Crippen molar-refractivity contribution in [2.45, 2.75) is 26.3 Å². The van der Waals surface area contributed by atoms with E-state index >= 15 is 0 Å². The van der Waals surface area contributed by atoms with Gasteiger partial charge in [0, 0.05) is 6.04 Å². The maximum atomic E-state index is 9.75. The Hall–Kier alpha value is -0.730. The molecule has 0 heterocycles. The molecule has 1 radical (unpaired) electrons. The van der Waals surface area contributed by atoms with Crippen molar-refractivity contribution in [3.8, 4) is 0 Å². The van der Waals surface area contributed by atoms with Crippen LogP contribution in [0.3, 0.4) is 0 Å². The average molecular weight is 116 g/mol. The highest BCUT2D eigenvalue weighted by atomic mass is 16.4. The van der Waals surface area contributed by atoms with E-state index in [4.69, 9.17) is 0 Å². The Morgan fingerprint density at radius 1 is 1.75 bits per heavy atom. The van der Waals surface area contributed by atoms with E-state index in [2.05, 4.69) is 5.32 Å². The molecule has 0 aliphatic heterocycles. The van der Waals surface area contributed by atoms with Crippen LogP contribution in [0.25, 0.3) is 0 Å². The van der Waals surface area contributed by atoms with Gasteiger partial charge in [-0.2, -0.15) is 0 Å². The molecule has 0 bridgehead atoms. The van der Waals surface area contributed by atoms with Crippen LogP contribution in [0.2, 0.25) is 0 Å². The molecule has 0 saturated carbocycles. The van der Waals surface area contributed by atoms with Gasteiger partial charge in [0.15, 0.2) is 0 Å². The van der Waals surface area contributed by atoms with Crippen molar-refractivity contribution < 1.29 is 9.90 Å². The summed E-state index contributed by atoms with van der Waals surface area (Å²) in [6, 6.07) is 0.0139. The molecular weight excluding hydrogens is 106 g/mol. The minimum atomic E-state index is -1.20. The molecular formula is C5H10NO2. The topological polar surface area (TPSA) is 49.0 Å². The first-order valence-corrected chi connectivity index (χ1v) is 2.64. The van der Waals surface area contributed by atoms with Crippen molar-refractivity contribution in [3.05, 3.63) is 0 Å². The lowest BCUT2D eigenvalue weighted by Crippen LogP contribution is -2.29. The van der Waals surface area contributed by atoms with Crippen LogP contribution in [-0.4, -0.2) is 12.1 Å². The van der Waals surface area contributed by atoms with Crippen molar-refractivity contribution >= 4 is 6.09 Å². The Bertz CT molecular complexity index is 82.5. The smallest absolute Gasteiger partial charge is 0.316 e. The van der Waals surface area contributed by atoms with E-state index in [-0.39, 0.29) is 6.04 Å². The lowest BCUT2D eigenvalue weighted by Gasteiger charge is -2.04. The third kappa shape index (κ3) is 3.46. The first-order chi connectivity index (χ1) is 3.66. The molecule has 0 spiro atoms. The molecule has 47 valence electrons. The molecule has 0 aliphatic rings. The van der Waals surface area contributed by atoms with Crippen LogP contribution in [0.5, 0.6) is 0 Å². The standard InChI is InChI=1S/C5H10NO2/c1-3-4(2)6-5(7)8/h4,6H,3H2,1-2H3. The lowest BCUT2D eigenvalue weighted by molar-refractivity contribution is 0.164. The summed E-state index contributed by atoms with van der Waals surface area (Å²) in [6.07, 6.45) is -0.395. The number of carbonyl (C=O) groups excluding carboxylic acids is 1. The number of rotatable bonds is 2. The second kappa shape index (κ2) is 3.29. The Morgan fingerprint density at radius 2 is 2.25 bits per heavy atom. The maximum Gasteiger partial charge on any atom is 0.450 e. The van der Waals surface area contributed by atoms with Gasteiger partial charge < -0.3 is 5.32 Å². The number of nitrogens with one attached hydrogen (secondary N) is 1. The second-order valence-corrected chi connectivity index (χ2v) is 1.74. The summed E-state index contributed by atoms with van der Waals surface area (Å²) in [5.41, 5.74) is 0. The quantitative estimate of drug-likeness (QED) is 0.573. The largest absolute Gasteiger partial charge is 0.450 e. The molecule has 1 N–H and O–H groups in total. The summed E-state index contributed by atoms with van der Waals surface area (Å²) in [7, 11) is 0. The first kappa shape index (κ1) is 7.27. The molecule has 0 fully saturated rings. The Labute approximate surface area is 48.7 Å². The van der Waals surface area contributed by atoms with Crippen molar-refractivity contribution in [1.82, 2.24) is 5.32 Å². The summed E-state index contributed by atoms with van der Waals surface area (Å²) in [5.74, 6) is 0. The highest BCUT2D eigenvalue weighted by Crippen LogP contribution is 1.85. The second-order valence-electron chi connectivity index (χ2n) is 1.74. The van der Waals surface area contributed by atoms with Crippen molar-refractivity contribution in [3.63, 3.8) is 0 Å². The number of hydrogen-bond acceptors (Lipinski definition) is 1. The predicted molar refractivity (Wildman–Crippen MR) is 29.0 cm³/mol. The highest BCUT2D eigenvalue weighted by molar-refractivity contribution is 5.64. The molecule has 3 heteroatoms. The zero-order valence-electron chi connectivity index (χ0n) is 5.10.